The second kappa shape index (κ2) is 5.16. The summed E-state index contributed by atoms with van der Waals surface area (Å²) in [7, 11) is 0. The van der Waals surface area contributed by atoms with Gasteiger partial charge in [-0.1, -0.05) is 6.42 Å². The van der Waals surface area contributed by atoms with Gasteiger partial charge in [0.2, 0.25) is 0 Å². The predicted molar refractivity (Wildman–Crippen MR) is 95.8 cm³/mol. The highest BCUT2D eigenvalue weighted by Gasteiger charge is 2.50. The fourth-order valence-corrected chi connectivity index (χ4v) is 5.34. The summed E-state index contributed by atoms with van der Waals surface area (Å²) in [6, 6.07) is 0. The van der Waals surface area contributed by atoms with Gasteiger partial charge < -0.3 is 5.73 Å². The molecule has 2 N–H and O–H groups in total. The Labute approximate surface area is 145 Å². The molecule has 0 bridgehead atoms. The minimum absolute atomic E-state index is 0.0296. The Balaban J connectivity index is 1.61. The third-order valence-corrected chi connectivity index (χ3v) is 7.04. The molecule has 22 heavy (non-hydrogen) atoms. The van der Waals surface area contributed by atoms with Crippen LogP contribution >= 0.6 is 22.6 Å². The van der Waals surface area contributed by atoms with Crippen molar-refractivity contribution in [2.75, 3.05) is 0 Å². The topological polar surface area (TPSA) is 56.2 Å². The number of fused-ring (bicyclic) bond motifs is 1. The highest BCUT2D eigenvalue weighted by molar-refractivity contribution is 14.1. The highest BCUT2D eigenvalue weighted by Crippen LogP contribution is 2.56. The molecule has 118 valence electrons. The van der Waals surface area contributed by atoms with Crippen LogP contribution in [0.3, 0.4) is 0 Å². The van der Waals surface area contributed by atoms with E-state index in [0.717, 1.165) is 9.22 Å². The largest absolute Gasteiger partial charge is 0.325 e. The maximum atomic E-state index is 6.63. The summed E-state index contributed by atoms with van der Waals surface area (Å²) < 4.78 is 3.30. The number of nitrogens with two attached hydrogens (primary N) is 1. The lowest BCUT2D eigenvalue weighted by molar-refractivity contribution is 0.0997. The van der Waals surface area contributed by atoms with Crippen molar-refractivity contribution in [1.29, 1.82) is 0 Å². The SMILES string of the molecule is CC1(N)CCCC12CCC(c1ncc(I)c3nccn13)CC2. The van der Waals surface area contributed by atoms with Crippen molar-refractivity contribution in [2.45, 2.75) is 63.3 Å². The number of rotatable bonds is 1. The van der Waals surface area contributed by atoms with Crippen molar-refractivity contribution >= 4 is 28.2 Å². The second-order valence-corrected chi connectivity index (χ2v) is 8.57. The highest BCUT2D eigenvalue weighted by atomic mass is 127. The smallest absolute Gasteiger partial charge is 0.153 e. The van der Waals surface area contributed by atoms with Gasteiger partial charge in [0.15, 0.2) is 5.65 Å². The number of hydrogen-bond acceptors (Lipinski definition) is 3. The zero-order chi connectivity index (χ0) is 15.4. The summed E-state index contributed by atoms with van der Waals surface area (Å²) in [6.45, 7) is 2.28. The van der Waals surface area contributed by atoms with Crippen LogP contribution < -0.4 is 5.73 Å². The average Bonchev–Trinajstić information content (AvgIpc) is 3.08. The summed E-state index contributed by atoms with van der Waals surface area (Å²) in [4.78, 5) is 9.20. The minimum atomic E-state index is 0.0296. The van der Waals surface area contributed by atoms with Gasteiger partial charge in [0.05, 0.1) is 3.57 Å². The standard InChI is InChI=1S/C17H23IN4/c1-16(19)5-2-6-17(16)7-3-12(4-8-17)14-21-11-13(18)15-20-9-10-22(14)15/h9-12H,2-8,19H2,1H3. The first kappa shape index (κ1) is 14.9. The maximum absolute atomic E-state index is 6.63. The molecule has 0 saturated heterocycles. The van der Waals surface area contributed by atoms with E-state index >= 15 is 0 Å². The van der Waals surface area contributed by atoms with Gasteiger partial charge in [0.1, 0.15) is 5.82 Å². The predicted octanol–water partition coefficient (Wildman–Crippen LogP) is 3.88. The monoisotopic (exact) mass is 410 g/mol. The lowest BCUT2D eigenvalue weighted by Crippen LogP contribution is -2.50. The van der Waals surface area contributed by atoms with Gasteiger partial charge in [0.25, 0.3) is 0 Å². The maximum Gasteiger partial charge on any atom is 0.153 e. The van der Waals surface area contributed by atoms with Gasteiger partial charge in [-0.25, -0.2) is 9.97 Å². The van der Waals surface area contributed by atoms with Crippen LogP contribution in [0.1, 0.15) is 63.6 Å². The molecule has 2 aliphatic carbocycles. The van der Waals surface area contributed by atoms with E-state index in [9.17, 15) is 0 Å². The molecule has 0 aliphatic heterocycles. The molecule has 0 aromatic carbocycles. The fraction of sp³-hybridized carbons (Fsp3) is 0.647. The third-order valence-electron chi connectivity index (χ3n) is 6.28. The van der Waals surface area contributed by atoms with Crippen molar-refractivity contribution in [1.82, 2.24) is 14.4 Å². The summed E-state index contributed by atoms with van der Waals surface area (Å²) >= 11 is 2.31. The van der Waals surface area contributed by atoms with Crippen molar-refractivity contribution in [3.8, 4) is 0 Å². The molecule has 2 heterocycles. The molecule has 2 fully saturated rings. The lowest BCUT2D eigenvalue weighted by atomic mass is 9.62. The number of nitrogens with zero attached hydrogens (tertiary/aromatic N) is 3. The Hall–Kier alpha value is -0.690. The molecule has 2 saturated carbocycles. The van der Waals surface area contributed by atoms with E-state index in [0.29, 0.717) is 11.3 Å². The normalized spacial score (nSPS) is 35.5. The lowest BCUT2D eigenvalue weighted by Gasteiger charge is -2.46. The van der Waals surface area contributed by atoms with E-state index in [1.807, 2.05) is 18.6 Å². The molecular weight excluding hydrogens is 387 g/mol. The van der Waals surface area contributed by atoms with E-state index in [1.54, 1.807) is 0 Å². The molecule has 1 spiro atoms. The van der Waals surface area contributed by atoms with E-state index in [-0.39, 0.29) is 5.54 Å². The quantitative estimate of drug-likeness (QED) is 0.727. The summed E-state index contributed by atoms with van der Waals surface area (Å²) in [5, 5.41) is 0. The average molecular weight is 410 g/mol. The van der Waals surface area contributed by atoms with Crippen molar-refractivity contribution in [3.63, 3.8) is 0 Å². The summed E-state index contributed by atoms with van der Waals surface area (Å²) in [5.74, 6) is 1.72. The van der Waals surface area contributed by atoms with E-state index in [4.69, 9.17) is 10.7 Å². The van der Waals surface area contributed by atoms with Gasteiger partial charge >= 0.3 is 0 Å². The van der Waals surface area contributed by atoms with Crippen LogP contribution in [0.25, 0.3) is 5.65 Å². The van der Waals surface area contributed by atoms with Crippen molar-refractivity contribution in [3.05, 3.63) is 28.0 Å². The van der Waals surface area contributed by atoms with E-state index in [1.165, 1.54) is 50.8 Å². The molecule has 0 radical (unpaired) electrons. The third kappa shape index (κ3) is 2.12. The summed E-state index contributed by atoms with van der Waals surface area (Å²) in [6.07, 6.45) is 14.6. The molecule has 5 heteroatoms. The number of hydrogen-bond donors (Lipinski definition) is 1. The number of aromatic nitrogens is 3. The van der Waals surface area contributed by atoms with Gasteiger partial charge in [-0.3, -0.25) is 4.40 Å². The van der Waals surface area contributed by atoms with Crippen molar-refractivity contribution < 1.29 is 0 Å². The van der Waals surface area contributed by atoms with Crippen LogP contribution in [0.15, 0.2) is 18.6 Å². The number of imidazole rings is 1. The molecule has 2 aromatic heterocycles. The molecule has 1 unspecified atom stereocenters. The zero-order valence-corrected chi connectivity index (χ0v) is 15.2. The first-order valence-corrected chi connectivity index (χ1v) is 9.37. The van der Waals surface area contributed by atoms with Gasteiger partial charge in [-0.05, 0) is 73.5 Å². The Morgan fingerprint density at radius 1 is 1.23 bits per heavy atom. The van der Waals surface area contributed by atoms with Gasteiger partial charge in [0, 0.05) is 30.0 Å². The Kier molecular flexibility index (Phi) is 3.49. The molecule has 1 atom stereocenters. The molecule has 4 rings (SSSR count). The van der Waals surface area contributed by atoms with E-state index < -0.39 is 0 Å². The van der Waals surface area contributed by atoms with Crippen LogP contribution in [0.4, 0.5) is 0 Å². The van der Waals surface area contributed by atoms with E-state index in [2.05, 4.69) is 38.9 Å². The zero-order valence-electron chi connectivity index (χ0n) is 13.1. The first-order chi connectivity index (χ1) is 10.5. The molecule has 2 aromatic rings. The molecule has 2 aliphatic rings. The second-order valence-electron chi connectivity index (χ2n) is 7.41. The van der Waals surface area contributed by atoms with Crippen LogP contribution in [-0.2, 0) is 0 Å². The molecule has 0 amide bonds. The minimum Gasteiger partial charge on any atom is -0.325 e. The summed E-state index contributed by atoms with van der Waals surface area (Å²) in [5.41, 5.74) is 8.08. The van der Waals surface area contributed by atoms with Crippen LogP contribution in [0.2, 0.25) is 0 Å². The first-order valence-electron chi connectivity index (χ1n) is 8.29. The van der Waals surface area contributed by atoms with Crippen molar-refractivity contribution in [2.24, 2.45) is 11.1 Å². The Morgan fingerprint density at radius 3 is 2.68 bits per heavy atom. The molecular formula is C17H23IN4. The van der Waals surface area contributed by atoms with Crippen LogP contribution in [0.5, 0.6) is 0 Å². The fourth-order valence-electron chi connectivity index (χ4n) is 4.80. The Bertz CT molecular complexity index is 698. The molecule has 4 nitrogen and oxygen atoms in total. The van der Waals surface area contributed by atoms with Gasteiger partial charge in [-0.15, -0.1) is 0 Å². The number of halogens is 1. The van der Waals surface area contributed by atoms with Gasteiger partial charge in [-0.2, -0.15) is 0 Å². The van der Waals surface area contributed by atoms with Crippen LogP contribution in [0, 0.1) is 8.99 Å². The Morgan fingerprint density at radius 2 is 2.00 bits per heavy atom. The van der Waals surface area contributed by atoms with Crippen LogP contribution in [-0.4, -0.2) is 19.9 Å².